The lowest BCUT2D eigenvalue weighted by molar-refractivity contribution is 0.137. The third-order valence-corrected chi connectivity index (χ3v) is 5.61. The molecule has 9 heteroatoms. The summed E-state index contributed by atoms with van der Waals surface area (Å²) in [5.74, 6) is 0. The van der Waals surface area contributed by atoms with E-state index in [2.05, 4.69) is 11.8 Å². The van der Waals surface area contributed by atoms with Crippen LogP contribution in [0.1, 0.15) is 27.7 Å². The fourth-order valence-corrected chi connectivity index (χ4v) is 6.18. The van der Waals surface area contributed by atoms with E-state index in [-0.39, 0.29) is 12.2 Å². The molecule has 0 unspecified atom stereocenters. The second-order valence-corrected chi connectivity index (χ2v) is 9.05. The highest BCUT2D eigenvalue weighted by atomic mass is 32.5. The zero-order valence-corrected chi connectivity index (χ0v) is 12.4. The van der Waals surface area contributed by atoms with E-state index in [0.29, 0.717) is 0 Å². The maximum absolute atomic E-state index is 9.04. The van der Waals surface area contributed by atoms with Crippen molar-refractivity contribution in [3.05, 3.63) is 0 Å². The molecule has 0 aliphatic heterocycles. The lowest BCUT2D eigenvalue weighted by atomic mass is 10.5. The van der Waals surface area contributed by atoms with Gasteiger partial charge in [-0.1, -0.05) is 0 Å². The van der Waals surface area contributed by atoms with Crippen LogP contribution in [0.2, 0.25) is 0 Å². The lowest BCUT2D eigenvalue weighted by Gasteiger charge is -2.26. The fraction of sp³-hybridized carbons (Fsp3) is 1.00. The summed E-state index contributed by atoms with van der Waals surface area (Å²) >= 11 is 9.33. The van der Waals surface area contributed by atoms with Gasteiger partial charge in [-0.15, -0.1) is 0 Å². The molecule has 2 N–H and O–H groups in total. The van der Waals surface area contributed by atoms with Gasteiger partial charge >= 0.3 is 13.4 Å². The summed E-state index contributed by atoms with van der Waals surface area (Å²) < 4.78 is 15.3. The molecule has 0 aromatic rings. The molecule has 0 radical (unpaired) electrons. The van der Waals surface area contributed by atoms with Gasteiger partial charge < -0.3 is 18.8 Å². The molecule has 5 nitrogen and oxygen atoms in total. The van der Waals surface area contributed by atoms with Gasteiger partial charge in [-0.25, -0.2) is 4.31 Å². The average Bonchev–Trinajstić information content (AvgIpc) is 1.73. The van der Waals surface area contributed by atoms with Gasteiger partial charge in [-0.2, -0.15) is 0 Å². The number of hydrogen-bond donors (Lipinski definition) is 2. The Morgan fingerprint density at radius 3 is 1.47 bits per heavy atom. The van der Waals surface area contributed by atoms with Gasteiger partial charge in [0.05, 0.1) is 12.2 Å². The summed E-state index contributed by atoms with van der Waals surface area (Å²) in [7, 11) is 0. The van der Waals surface area contributed by atoms with E-state index in [1.165, 1.54) is 0 Å². The maximum Gasteiger partial charge on any atom is 0.334 e. The van der Waals surface area contributed by atoms with Crippen LogP contribution in [0.3, 0.4) is 0 Å². The van der Waals surface area contributed by atoms with Gasteiger partial charge in [-0.3, -0.25) is 0 Å². The monoisotopic (exact) mass is 294 g/mol. The zero-order chi connectivity index (χ0) is 12.3. The number of rotatable bonds is 6. The third-order valence-electron chi connectivity index (χ3n) is 0.886. The summed E-state index contributed by atoms with van der Waals surface area (Å²) in [6.45, 7) is -0.0761. The van der Waals surface area contributed by atoms with Crippen molar-refractivity contribution in [2.75, 3.05) is 0 Å². The highest BCUT2D eigenvalue weighted by Gasteiger charge is 2.30. The van der Waals surface area contributed by atoms with Crippen LogP contribution < -0.4 is 0 Å². The van der Waals surface area contributed by atoms with E-state index in [0.717, 1.165) is 0 Å². The summed E-state index contributed by atoms with van der Waals surface area (Å²) in [6.07, 6.45) is -0.479. The molecule has 0 amide bonds. The maximum atomic E-state index is 9.04. The van der Waals surface area contributed by atoms with Crippen molar-refractivity contribution in [1.29, 1.82) is 0 Å². The van der Waals surface area contributed by atoms with Crippen LogP contribution in [0.5, 0.6) is 0 Å². The molecule has 0 rings (SSSR count). The van der Waals surface area contributed by atoms with Crippen LogP contribution in [0.25, 0.3) is 0 Å². The van der Waals surface area contributed by atoms with Crippen molar-refractivity contribution < 1.29 is 23.1 Å². The van der Waals surface area contributed by atoms with Gasteiger partial charge in [0.25, 0.3) is 0 Å². The van der Waals surface area contributed by atoms with Crippen molar-refractivity contribution in [3.8, 4) is 0 Å². The first kappa shape index (κ1) is 16.1. The molecule has 15 heavy (non-hydrogen) atoms. The molecule has 92 valence electrons. The van der Waals surface area contributed by atoms with E-state index in [4.69, 9.17) is 35.0 Å². The Morgan fingerprint density at radius 2 is 1.27 bits per heavy atom. The lowest BCUT2D eigenvalue weighted by Crippen LogP contribution is -2.09. The number of hydrogen-bond acceptors (Lipinski definition) is 5. The SMILES string of the molecule is CC(C)OP(=S)(OC(C)C)OP(O)(O)=S. The Hall–Kier alpha value is 1.10. The Bertz CT molecular complexity index is 273. The van der Waals surface area contributed by atoms with E-state index in [1.807, 2.05) is 0 Å². The average molecular weight is 294 g/mol. The molecule has 0 fully saturated rings. The highest BCUT2D eigenvalue weighted by Crippen LogP contribution is 2.62. The first-order valence-electron chi connectivity index (χ1n) is 4.28. The van der Waals surface area contributed by atoms with Gasteiger partial charge in [0.1, 0.15) is 0 Å². The molecule has 0 atom stereocenters. The smallest absolute Gasteiger partial charge is 0.324 e. The van der Waals surface area contributed by atoms with Crippen molar-refractivity contribution in [1.82, 2.24) is 0 Å². The Kier molecular flexibility index (Phi) is 6.60. The van der Waals surface area contributed by atoms with Crippen LogP contribution in [0.4, 0.5) is 0 Å². The first-order valence-corrected chi connectivity index (χ1v) is 9.46. The Labute approximate surface area is 100 Å². The van der Waals surface area contributed by atoms with E-state index >= 15 is 0 Å². The van der Waals surface area contributed by atoms with Crippen LogP contribution >= 0.6 is 13.4 Å². The van der Waals surface area contributed by atoms with E-state index < -0.39 is 13.4 Å². The fourth-order valence-electron chi connectivity index (χ4n) is 0.710. The molecular weight excluding hydrogens is 278 g/mol. The summed E-state index contributed by atoms with van der Waals surface area (Å²) in [5.41, 5.74) is 0. The van der Waals surface area contributed by atoms with Crippen molar-refractivity contribution >= 4 is 37.1 Å². The van der Waals surface area contributed by atoms with E-state index in [9.17, 15) is 0 Å². The molecule has 0 heterocycles. The molecule has 0 spiro atoms. The van der Waals surface area contributed by atoms with Crippen LogP contribution in [0.15, 0.2) is 0 Å². The summed E-state index contributed by atoms with van der Waals surface area (Å²) in [6, 6.07) is 0. The largest absolute Gasteiger partial charge is 0.334 e. The molecule has 0 aliphatic carbocycles. The van der Waals surface area contributed by atoms with Crippen molar-refractivity contribution in [3.63, 3.8) is 0 Å². The molecule has 0 aliphatic rings. The third kappa shape index (κ3) is 8.86. The van der Waals surface area contributed by atoms with Gasteiger partial charge in [-0.05, 0) is 51.3 Å². The molecule has 0 bridgehead atoms. The minimum atomic E-state index is -3.87. The molecule has 0 saturated carbocycles. The highest BCUT2D eigenvalue weighted by molar-refractivity contribution is 8.14. The van der Waals surface area contributed by atoms with Crippen molar-refractivity contribution in [2.24, 2.45) is 0 Å². The molecule has 0 saturated heterocycles. The second-order valence-electron chi connectivity index (χ2n) is 3.33. The normalized spacial score (nSPS) is 13.9. The van der Waals surface area contributed by atoms with E-state index in [1.54, 1.807) is 27.7 Å². The summed E-state index contributed by atoms with van der Waals surface area (Å²) in [5, 5.41) is 0. The molecular formula is C6H16O5P2S2. The quantitative estimate of drug-likeness (QED) is 0.728. The van der Waals surface area contributed by atoms with Crippen LogP contribution in [0, 0.1) is 0 Å². The first-order chi connectivity index (χ1) is 6.54. The Balaban J connectivity index is 4.71. The standard InChI is InChI=1S/C6H16O5P2S2/c1-5(2)9-13(15,10-6(3)4)11-12(7,8)14/h5-6H,1-4H3,(H2,7,8,14). The minimum Gasteiger partial charge on any atom is -0.324 e. The van der Waals surface area contributed by atoms with Crippen LogP contribution in [-0.4, -0.2) is 22.0 Å². The predicted octanol–water partition coefficient (Wildman–Crippen LogP) is 2.29. The van der Waals surface area contributed by atoms with Gasteiger partial charge in [0.15, 0.2) is 0 Å². The minimum absolute atomic E-state index is 0.240. The zero-order valence-electron chi connectivity index (χ0n) is 8.98. The summed E-state index contributed by atoms with van der Waals surface area (Å²) in [4.78, 5) is 18.1. The Morgan fingerprint density at radius 1 is 0.933 bits per heavy atom. The predicted molar refractivity (Wildman–Crippen MR) is 66.5 cm³/mol. The van der Waals surface area contributed by atoms with Gasteiger partial charge in [0.2, 0.25) is 0 Å². The topological polar surface area (TPSA) is 68.2 Å². The molecule has 0 aromatic carbocycles. The van der Waals surface area contributed by atoms with Crippen molar-refractivity contribution in [2.45, 2.75) is 39.9 Å². The van der Waals surface area contributed by atoms with Crippen LogP contribution in [-0.2, 0) is 37.0 Å². The second kappa shape index (κ2) is 6.15. The molecule has 0 aromatic heterocycles. The van der Waals surface area contributed by atoms with Gasteiger partial charge in [0, 0.05) is 0 Å².